The molecule has 0 radical (unpaired) electrons. The number of hydrogen-bond donors (Lipinski definition) is 0. The van der Waals surface area contributed by atoms with Gasteiger partial charge in [0, 0.05) is 38.6 Å². The number of carbonyl (C=O) groups is 1. The average molecular weight is 384 g/mol. The second kappa shape index (κ2) is 6.90. The average Bonchev–Trinajstić information content (AvgIpc) is 3.27. The van der Waals surface area contributed by atoms with Crippen LogP contribution in [0.5, 0.6) is 0 Å². The quantitative estimate of drug-likeness (QED) is 0.645. The van der Waals surface area contributed by atoms with Crippen molar-refractivity contribution in [2.24, 2.45) is 5.92 Å². The highest BCUT2D eigenvalue weighted by atomic mass is 32.2. The Labute approximate surface area is 152 Å². The fourth-order valence-electron chi connectivity index (χ4n) is 3.88. The molecule has 0 unspecified atom stereocenters. The summed E-state index contributed by atoms with van der Waals surface area (Å²) in [6, 6.07) is -0.469. The van der Waals surface area contributed by atoms with Gasteiger partial charge in [-0.05, 0) is 12.8 Å². The van der Waals surface area contributed by atoms with E-state index in [1.807, 2.05) is 0 Å². The van der Waals surface area contributed by atoms with E-state index in [1.54, 1.807) is 12.0 Å². The van der Waals surface area contributed by atoms with Crippen LogP contribution < -0.4 is 0 Å². The first-order chi connectivity index (χ1) is 12.5. The number of fused-ring (bicyclic) bond motifs is 1. The molecule has 4 rings (SSSR count). The van der Waals surface area contributed by atoms with E-state index in [0.29, 0.717) is 44.4 Å². The standard InChI is InChI=1S/C16H24N4O5S/c1-24-7-4-14-17-15(25-18-14)8-19-5-6-20(16(21)11-2-3-11)13-10-26(22,23)9-12(13)19/h11-13H,2-10H2,1H3/t12-,13+/m0/s1. The molecule has 1 aliphatic carbocycles. The third-order valence-corrected chi connectivity index (χ3v) is 7.08. The maximum atomic E-state index is 12.5. The number of rotatable bonds is 6. The smallest absolute Gasteiger partial charge is 0.240 e. The number of hydrogen-bond acceptors (Lipinski definition) is 8. The number of nitrogens with zero attached hydrogens (tertiary/aromatic N) is 4. The molecule has 144 valence electrons. The first kappa shape index (κ1) is 17.9. The van der Waals surface area contributed by atoms with Crippen molar-refractivity contribution in [3.05, 3.63) is 11.7 Å². The molecule has 10 heteroatoms. The summed E-state index contributed by atoms with van der Waals surface area (Å²) in [5.41, 5.74) is 0. The number of piperazine rings is 1. The van der Waals surface area contributed by atoms with Crippen LogP contribution in [-0.4, -0.2) is 84.7 Å². The Kier molecular flexibility index (Phi) is 4.74. The van der Waals surface area contributed by atoms with E-state index in [4.69, 9.17) is 9.26 Å². The maximum absolute atomic E-state index is 12.5. The lowest BCUT2D eigenvalue weighted by Gasteiger charge is -2.43. The predicted molar refractivity (Wildman–Crippen MR) is 91.0 cm³/mol. The molecular weight excluding hydrogens is 360 g/mol. The van der Waals surface area contributed by atoms with E-state index >= 15 is 0 Å². The fraction of sp³-hybridized carbons (Fsp3) is 0.812. The van der Waals surface area contributed by atoms with Gasteiger partial charge in [0.2, 0.25) is 11.8 Å². The van der Waals surface area contributed by atoms with Gasteiger partial charge < -0.3 is 14.2 Å². The number of sulfone groups is 1. The van der Waals surface area contributed by atoms with Crippen LogP contribution in [0, 0.1) is 5.92 Å². The minimum absolute atomic E-state index is 0.0511. The summed E-state index contributed by atoms with van der Waals surface area (Å²) in [6.45, 7) is 2.09. The van der Waals surface area contributed by atoms with Crippen LogP contribution >= 0.6 is 0 Å². The zero-order valence-corrected chi connectivity index (χ0v) is 15.7. The Hall–Kier alpha value is -1.52. The normalized spacial score (nSPS) is 28.3. The molecule has 0 aromatic carbocycles. The van der Waals surface area contributed by atoms with Crippen molar-refractivity contribution in [3.8, 4) is 0 Å². The number of carbonyl (C=O) groups excluding carboxylic acids is 1. The van der Waals surface area contributed by atoms with Crippen molar-refractivity contribution in [2.45, 2.75) is 37.9 Å². The zero-order chi connectivity index (χ0) is 18.3. The van der Waals surface area contributed by atoms with Crippen LogP contribution in [0.3, 0.4) is 0 Å². The molecule has 0 N–H and O–H groups in total. The molecule has 0 spiro atoms. The summed E-state index contributed by atoms with van der Waals surface area (Å²) in [7, 11) is -1.54. The van der Waals surface area contributed by atoms with Gasteiger partial charge in [0.1, 0.15) is 0 Å². The Bertz CT molecular complexity index is 775. The van der Waals surface area contributed by atoms with Gasteiger partial charge in [-0.1, -0.05) is 5.16 Å². The second-order valence-corrected chi connectivity index (χ2v) is 9.49. The summed E-state index contributed by atoms with van der Waals surface area (Å²) >= 11 is 0. The molecular formula is C16H24N4O5S. The van der Waals surface area contributed by atoms with E-state index in [0.717, 1.165) is 12.8 Å². The van der Waals surface area contributed by atoms with E-state index in [1.165, 1.54) is 0 Å². The van der Waals surface area contributed by atoms with Gasteiger partial charge in [0.25, 0.3) is 0 Å². The molecule has 3 heterocycles. The van der Waals surface area contributed by atoms with E-state index in [-0.39, 0.29) is 35.4 Å². The fourth-order valence-corrected chi connectivity index (χ4v) is 5.89. The highest BCUT2D eigenvalue weighted by Gasteiger charge is 2.50. The van der Waals surface area contributed by atoms with Crippen molar-refractivity contribution < 1.29 is 22.5 Å². The summed E-state index contributed by atoms with van der Waals surface area (Å²) < 4.78 is 34.8. The van der Waals surface area contributed by atoms with E-state index in [9.17, 15) is 13.2 Å². The third-order valence-electron chi connectivity index (χ3n) is 5.38. The van der Waals surface area contributed by atoms with Gasteiger partial charge in [0.15, 0.2) is 15.7 Å². The van der Waals surface area contributed by atoms with Crippen LogP contribution in [-0.2, 0) is 32.3 Å². The molecule has 2 aliphatic heterocycles. The minimum atomic E-state index is -3.15. The Balaban J connectivity index is 1.47. The van der Waals surface area contributed by atoms with Gasteiger partial charge in [0.05, 0.1) is 30.7 Å². The topological polar surface area (TPSA) is 106 Å². The predicted octanol–water partition coefficient (Wildman–Crippen LogP) is -0.522. The third kappa shape index (κ3) is 3.63. The van der Waals surface area contributed by atoms with Crippen LogP contribution in [0.2, 0.25) is 0 Å². The largest absolute Gasteiger partial charge is 0.384 e. The van der Waals surface area contributed by atoms with Crippen molar-refractivity contribution in [1.29, 1.82) is 0 Å². The van der Waals surface area contributed by atoms with Gasteiger partial charge in [-0.2, -0.15) is 4.98 Å². The van der Waals surface area contributed by atoms with E-state index < -0.39 is 9.84 Å². The highest BCUT2D eigenvalue weighted by Crippen LogP contribution is 2.35. The van der Waals surface area contributed by atoms with Crippen LogP contribution in [0.15, 0.2) is 4.52 Å². The number of methoxy groups -OCH3 is 1. The number of amides is 1. The van der Waals surface area contributed by atoms with Crippen LogP contribution in [0.1, 0.15) is 24.6 Å². The summed E-state index contributed by atoms with van der Waals surface area (Å²) in [4.78, 5) is 20.8. The molecule has 2 atom stereocenters. The van der Waals surface area contributed by atoms with Crippen molar-refractivity contribution in [1.82, 2.24) is 19.9 Å². The van der Waals surface area contributed by atoms with Crippen molar-refractivity contribution in [2.75, 3.05) is 38.3 Å². The van der Waals surface area contributed by atoms with Gasteiger partial charge >= 0.3 is 0 Å². The first-order valence-corrected chi connectivity index (χ1v) is 10.8. The first-order valence-electron chi connectivity index (χ1n) is 9.02. The zero-order valence-electron chi connectivity index (χ0n) is 14.8. The SMILES string of the molecule is COCCc1noc(CN2CCN(C(=O)C3CC3)[C@@H]3CS(=O)(=O)C[C@@H]32)n1. The van der Waals surface area contributed by atoms with Crippen LogP contribution in [0.4, 0.5) is 0 Å². The molecule has 1 aromatic heterocycles. The molecule has 0 bridgehead atoms. The maximum Gasteiger partial charge on any atom is 0.240 e. The van der Waals surface area contributed by atoms with Gasteiger partial charge in [-0.15, -0.1) is 0 Å². The van der Waals surface area contributed by atoms with Gasteiger partial charge in [-0.25, -0.2) is 8.42 Å². The molecule has 2 saturated heterocycles. The Morgan fingerprint density at radius 2 is 2.04 bits per heavy atom. The number of ether oxygens (including phenoxy) is 1. The molecule has 1 saturated carbocycles. The minimum Gasteiger partial charge on any atom is -0.384 e. The summed E-state index contributed by atoms with van der Waals surface area (Å²) in [5, 5.41) is 3.93. The second-order valence-electron chi connectivity index (χ2n) is 7.34. The number of aromatic nitrogens is 2. The molecule has 26 heavy (non-hydrogen) atoms. The Morgan fingerprint density at radius 1 is 1.27 bits per heavy atom. The molecule has 3 fully saturated rings. The van der Waals surface area contributed by atoms with Crippen molar-refractivity contribution >= 4 is 15.7 Å². The van der Waals surface area contributed by atoms with Crippen molar-refractivity contribution in [3.63, 3.8) is 0 Å². The highest BCUT2D eigenvalue weighted by molar-refractivity contribution is 7.91. The van der Waals surface area contributed by atoms with Crippen LogP contribution in [0.25, 0.3) is 0 Å². The molecule has 1 amide bonds. The summed E-state index contributed by atoms with van der Waals surface area (Å²) in [5.74, 6) is 1.41. The molecule has 3 aliphatic rings. The van der Waals surface area contributed by atoms with Gasteiger partial charge in [-0.3, -0.25) is 9.69 Å². The lowest BCUT2D eigenvalue weighted by Crippen LogP contribution is -2.60. The lowest BCUT2D eigenvalue weighted by molar-refractivity contribution is -0.138. The van der Waals surface area contributed by atoms with E-state index in [2.05, 4.69) is 15.0 Å². The Morgan fingerprint density at radius 3 is 2.77 bits per heavy atom. The monoisotopic (exact) mass is 384 g/mol. The molecule has 1 aromatic rings. The lowest BCUT2D eigenvalue weighted by atomic mass is 10.0. The molecule has 9 nitrogen and oxygen atoms in total. The summed E-state index contributed by atoms with van der Waals surface area (Å²) in [6.07, 6.45) is 2.43.